The molecule has 0 aliphatic carbocycles. The standard InChI is InChI=1S/C10H18O/c1-5-9(6-2)8-10(7-3)11-4/h7-8H,5-6H2,1-4H3. The highest BCUT2D eigenvalue weighted by Gasteiger charge is 1.92. The van der Waals surface area contributed by atoms with Crippen LogP contribution < -0.4 is 0 Å². The normalized spacial score (nSPS) is 11.1. The minimum absolute atomic E-state index is 0.962. The van der Waals surface area contributed by atoms with Crippen LogP contribution in [0.15, 0.2) is 23.5 Å². The molecular formula is C10H18O. The molecule has 0 spiro atoms. The minimum Gasteiger partial charge on any atom is -0.497 e. The Hall–Kier alpha value is -0.720. The van der Waals surface area contributed by atoms with Gasteiger partial charge in [0.25, 0.3) is 0 Å². The molecule has 0 amide bonds. The first-order valence-corrected chi connectivity index (χ1v) is 4.18. The van der Waals surface area contributed by atoms with Crippen LogP contribution in [0.4, 0.5) is 0 Å². The summed E-state index contributed by atoms with van der Waals surface area (Å²) < 4.78 is 5.12. The molecule has 0 aliphatic heterocycles. The summed E-state index contributed by atoms with van der Waals surface area (Å²) in [6.07, 6.45) is 6.31. The SMILES string of the molecule is CC=C(C=C(CC)CC)OC. The molecule has 0 aromatic carbocycles. The summed E-state index contributed by atoms with van der Waals surface area (Å²) in [5, 5.41) is 0. The van der Waals surface area contributed by atoms with Gasteiger partial charge in [-0.1, -0.05) is 19.4 Å². The van der Waals surface area contributed by atoms with E-state index in [0.717, 1.165) is 18.6 Å². The first-order valence-electron chi connectivity index (χ1n) is 4.18. The van der Waals surface area contributed by atoms with Gasteiger partial charge in [0.1, 0.15) is 5.76 Å². The second kappa shape index (κ2) is 6.02. The number of hydrogen-bond donors (Lipinski definition) is 0. The van der Waals surface area contributed by atoms with E-state index >= 15 is 0 Å². The minimum atomic E-state index is 0.962. The van der Waals surface area contributed by atoms with E-state index in [0.29, 0.717) is 0 Å². The zero-order valence-electron chi connectivity index (χ0n) is 7.98. The summed E-state index contributed by atoms with van der Waals surface area (Å²) in [5.74, 6) is 0.962. The zero-order chi connectivity index (χ0) is 8.69. The lowest BCUT2D eigenvalue weighted by molar-refractivity contribution is 0.305. The van der Waals surface area contributed by atoms with Crippen molar-refractivity contribution >= 4 is 0 Å². The molecule has 11 heavy (non-hydrogen) atoms. The summed E-state index contributed by atoms with van der Waals surface area (Å²) in [6.45, 7) is 6.31. The smallest absolute Gasteiger partial charge is 0.114 e. The third-order valence-corrected chi connectivity index (χ3v) is 1.77. The maximum absolute atomic E-state index is 5.12. The predicted octanol–water partition coefficient (Wildman–Crippen LogP) is 3.28. The lowest BCUT2D eigenvalue weighted by atomic mass is 10.1. The van der Waals surface area contributed by atoms with Crippen molar-refractivity contribution in [3.05, 3.63) is 23.5 Å². The molecule has 0 atom stereocenters. The maximum Gasteiger partial charge on any atom is 0.114 e. The van der Waals surface area contributed by atoms with Crippen molar-refractivity contribution in [2.75, 3.05) is 7.11 Å². The van der Waals surface area contributed by atoms with Gasteiger partial charge < -0.3 is 4.74 Å². The predicted molar refractivity (Wildman–Crippen MR) is 49.4 cm³/mol. The third-order valence-electron chi connectivity index (χ3n) is 1.77. The van der Waals surface area contributed by atoms with Crippen molar-refractivity contribution < 1.29 is 4.74 Å². The monoisotopic (exact) mass is 154 g/mol. The molecule has 0 aliphatic rings. The van der Waals surface area contributed by atoms with Gasteiger partial charge in [0.2, 0.25) is 0 Å². The van der Waals surface area contributed by atoms with Gasteiger partial charge in [-0.25, -0.2) is 0 Å². The molecule has 0 unspecified atom stereocenters. The van der Waals surface area contributed by atoms with E-state index in [9.17, 15) is 0 Å². The Labute approximate surface area is 69.8 Å². The van der Waals surface area contributed by atoms with Gasteiger partial charge in [-0.2, -0.15) is 0 Å². The van der Waals surface area contributed by atoms with E-state index in [1.54, 1.807) is 7.11 Å². The van der Waals surface area contributed by atoms with Gasteiger partial charge in [0, 0.05) is 0 Å². The Morgan fingerprint density at radius 1 is 1.27 bits per heavy atom. The van der Waals surface area contributed by atoms with Crippen LogP contribution in [0.2, 0.25) is 0 Å². The van der Waals surface area contributed by atoms with Crippen molar-refractivity contribution in [1.82, 2.24) is 0 Å². The largest absolute Gasteiger partial charge is 0.497 e. The molecule has 1 nitrogen and oxygen atoms in total. The fraction of sp³-hybridized carbons (Fsp3) is 0.600. The van der Waals surface area contributed by atoms with Crippen LogP contribution in [0.3, 0.4) is 0 Å². The number of hydrogen-bond acceptors (Lipinski definition) is 1. The van der Waals surface area contributed by atoms with Gasteiger partial charge in [-0.15, -0.1) is 0 Å². The highest BCUT2D eigenvalue weighted by molar-refractivity contribution is 5.17. The summed E-state index contributed by atoms with van der Waals surface area (Å²) >= 11 is 0. The van der Waals surface area contributed by atoms with Crippen LogP contribution in [0.25, 0.3) is 0 Å². The van der Waals surface area contributed by atoms with Crippen LogP contribution in [0, 0.1) is 0 Å². The van der Waals surface area contributed by atoms with Crippen molar-refractivity contribution in [2.45, 2.75) is 33.6 Å². The maximum atomic E-state index is 5.12. The van der Waals surface area contributed by atoms with Crippen LogP contribution >= 0.6 is 0 Å². The lowest BCUT2D eigenvalue weighted by Gasteiger charge is -2.02. The average Bonchev–Trinajstić information content (AvgIpc) is 2.07. The van der Waals surface area contributed by atoms with Crippen LogP contribution in [0.5, 0.6) is 0 Å². The number of allylic oxidation sites excluding steroid dienone is 3. The van der Waals surface area contributed by atoms with Crippen molar-refractivity contribution in [2.24, 2.45) is 0 Å². The van der Waals surface area contributed by atoms with Gasteiger partial charge >= 0.3 is 0 Å². The Morgan fingerprint density at radius 3 is 2.09 bits per heavy atom. The molecule has 64 valence electrons. The topological polar surface area (TPSA) is 9.23 Å². The Balaban J connectivity index is 4.23. The zero-order valence-corrected chi connectivity index (χ0v) is 7.98. The van der Waals surface area contributed by atoms with Crippen molar-refractivity contribution in [3.8, 4) is 0 Å². The highest BCUT2D eigenvalue weighted by atomic mass is 16.5. The van der Waals surface area contributed by atoms with E-state index in [4.69, 9.17) is 4.74 Å². The third kappa shape index (κ3) is 3.87. The Morgan fingerprint density at radius 2 is 1.82 bits per heavy atom. The van der Waals surface area contributed by atoms with Crippen LogP contribution in [0.1, 0.15) is 33.6 Å². The second-order valence-electron chi connectivity index (χ2n) is 2.40. The van der Waals surface area contributed by atoms with Gasteiger partial charge in [0.15, 0.2) is 0 Å². The van der Waals surface area contributed by atoms with Crippen LogP contribution in [-0.4, -0.2) is 7.11 Å². The fourth-order valence-corrected chi connectivity index (χ4v) is 0.915. The Kier molecular flexibility index (Phi) is 5.63. The molecule has 0 fully saturated rings. The van der Waals surface area contributed by atoms with E-state index in [1.165, 1.54) is 5.57 Å². The summed E-state index contributed by atoms with van der Waals surface area (Å²) in [6, 6.07) is 0. The second-order valence-corrected chi connectivity index (χ2v) is 2.40. The van der Waals surface area contributed by atoms with Crippen LogP contribution in [-0.2, 0) is 4.74 Å². The number of methoxy groups -OCH3 is 1. The molecule has 0 aromatic heterocycles. The van der Waals surface area contributed by atoms with E-state index in [1.807, 2.05) is 13.0 Å². The molecule has 0 radical (unpaired) electrons. The fourth-order valence-electron chi connectivity index (χ4n) is 0.915. The Bertz CT molecular complexity index is 148. The van der Waals surface area contributed by atoms with Crippen molar-refractivity contribution in [3.63, 3.8) is 0 Å². The first kappa shape index (κ1) is 10.3. The molecule has 0 N–H and O–H groups in total. The quantitative estimate of drug-likeness (QED) is 0.446. The molecule has 0 heterocycles. The van der Waals surface area contributed by atoms with Gasteiger partial charge in [-0.05, 0) is 31.9 Å². The molecule has 0 saturated heterocycles. The molecule has 1 heteroatoms. The molecule has 0 bridgehead atoms. The number of rotatable bonds is 4. The summed E-state index contributed by atoms with van der Waals surface area (Å²) in [5.41, 5.74) is 1.43. The van der Waals surface area contributed by atoms with E-state index in [2.05, 4.69) is 19.9 Å². The molecule has 0 aromatic rings. The molecule has 0 saturated carbocycles. The van der Waals surface area contributed by atoms with Gasteiger partial charge in [0.05, 0.1) is 7.11 Å². The van der Waals surface area contributed by atoms with Crippen molar-refractivity contribution in [1.29, 1.82) is 0 Å². The summed E-state index contributed by atoms with van der Waals surface area (Å²) in [4.78, 5) is 0. The number of ether oxygens (including phenoxy) is 1. The first-order chi connectivity index (χ1) is 5.28. The van der Waals surface area contributed by atoms with E-state index < -0.39 is 0 Å². The van der Waals surface area contributed by atoms with E-state index in [-0.39, 0.29) is 0 Å². The molecular weight excluding hydrogens is 136 g/mol. The lowest BCUT2D eigenvalue weighted by Crippen LogP contribution is -1.84. The van der Waals surface area contributed by atoms with Gasteiger partial charge in [-0.3, -0.25) is 0 Å². The highest BCUT2D eigenvalue weighted by Crippen LogP contribution is 2.09. The summed E-state index contributed by atoms with van der Waals surface area (Å²) in [7, 11) is 1.70. The molecule has 0 rings (SSSR count). The average molecular weight is 154 g/mol.